The molecule has 1 aromatic rings. The summed E-state index contributed by atoms with van der Waals surface area (Å²) in [7, 11) is 0. The molecule has 5 heteroatoms. The maximum Gasteiger partial charge on any atom is 0.189 e. The van der Waals surface area contributed by atoms with Crippen LogP contribution in [0.1, 0.15) is 39.2 Å². The lowest BCUT2D eigenvalue weighted by Crippen LogP contribution is -2.45. The first-order chi connectivity index (χ1) is 8.82. The zero-order valence-corrected chi connectivity index (χ0v) is 14.6. The monoisotopic (exact) mass is 391 g/mol. The highest BCUT2D eigenvalue weighted by atomic mass is 127. The van der Waals surface area contributed by atoms with Crippen LogP contribution in [0, 0.1) is 5.82 Å². The fourth-order valence-electron chi connectivity index (χ4n) is 2.22. The molecule has 1 aliphatic carbocycles. The number of benzene rings is 1. The molecule has 1 aromatic carbocycles. The van der Waals surface area contributed by atoms with Crippen molar-refractivity contribution in [2.75, 3.05) is 6.54 Å². The second-order valence-electron chi connectivity index (χ2n) is 6.34. The van der Waals surface area contributed by atoms with Gasteiger partial charge in [-0.05, 0) is 45.2 Å². The van der Waals surface area contributed by atoms with Gasteiger partial charge in [0.25, 0.3) is 0 Å². The van der Waals surface area contributed by atoms with Crippen LogP contribution in [0.25, 0.3) is 0 Å². The summed E-state index contributed by atoms with van der Waals surface area (Å²) < 4.78 is 13.8. The van der Waals surface area contributed by atoms with E-state index < -0.39 is 0 Å². The largest absolute Gasteiger partial charge is 0.370 e. The van der Waals surface area contributed by atoms with Crippen LogP contribution in [0.15, 0.2) is 29.3 Å². The van der Waals surface area contributed by atoms with Gasteiger partial charge in [0.15, 0.2) is 5.96 Å². The standard InChI is InChI=1S/C15H22FN3.HI/c1-14(2,3)19-13(17)18-10-15(8-9-15)11-6-4-5-7-12(11)16;/h4-7H,8-10H2,1-3H3,(H3,17,18,19);1H. The highest BCUT2D eigenvalue weighted by Gasteiger charge is 2.45. The van der Waals surface area contributed by atoms with Gasteiger partial charge in [-0.2, -0.15) is 0 Å². The number of aliphatic imine (C=N–C) groups is 1. The van der Waals surface area contributed by atoms with Crippen molar-refractivity contribution in [1.82, 2.24) is 5.32 Å². The van der Waals surface area contributed by atoms with E-state index in [9.17, 15) is 4.39 Å². The van der Waals surface area contributed by atoms with Gasteiger partial charge in [0.2, 0.25) is 0 Å². The summed E-state index contributed by atoms with van der Waals surface area (Å²) in [5, 5.41) is 3.12. The van der Waals surface area contributed by atoms with Crippen LogP contribution in [-0.2, 0) is 5.41 Å². The zero-order valence-electron chi connectivity index (χ0n) is 12.2. The van der Waals surface area contributed by atoms with E-state index in [0.717, 1.165) is 18.4 Å². The lowest BCUT2D eigenvalue weighted by molar-refractivity contribution is 0.506. The molecule has 0 aliphatic heterocycles. The summed E-state index contributed by atoms with van der Waals surface area (Å²) in [6.07, 6.45) is 1.94. The van der Waals surface area contributed by atoms with E-state index in [2.05, 4.69) is 10.3 Å². The Bertz CT molecular complexity index is 490. The van der Waals surface area contributed by atoms with E-state index >= 15 is 0 Å². The predicted molar refractivity (Wildman–Crippen MR) is 92.1 cm³/mol. The van der Waals surface area contributed by atoms with Gasteiger partial charge in [0.1, 0.15) is 5.82 Å². The third-order valence-electron chi connectivity index (χ3n) is 3.35. The molecule has 0 heterocycles. The van der Waals surface area contributed by atoms with Crippen molar-refractivity contribution in [1.29, 1.82) is 0 Å². The van der Waals surface area contributed by atoms with Gasteiger partial charge in [-0.15, -0.1) is 24.0 Å². The van der Waals surface area contributed by atoms with Crippen molar-refractivity contribution in [3.63, 3.8) is 0 Å². The van der Waals surface area contributed by atoms with Crippen LogP contribution >= 0.6 is 24.0 Å². The van der Waals surface area contributed by atoms with Crippen LogP contribution in [0.4, 0.5) is 4.39 Å². The second-order valence-corrected chi connectivity index (χ2v) is 6.34. The Morgan fingerprint density at radius 2 is 1.95 bits per heavy atom. The van der Waals surface area contributed by atoms with Crippen LogP contribution in [-0.4, -0.2) is 18.0 Å². The lowest BCUT2D eigenvalue weighted by Gasteiger charge is -2.22. The Balaban J connectivity index is 0.00000200. The maximum absolute atomic E-state index is 13.8. The average molecular weight is 391 g/mol. The molecule has 0 bridgehead atoms. The van der Waals surface area contributed by atoms with Crippen molar-refractivity contribution >= 4 is 29.9 Å². The Labute approximate surface area is 137 Å². The van der Waals surface area contributed by atoms with Crippen molar-refractivity contribution in [3.05, 3.63) is 35.6 Å². The molecule has 0 aromatic heterocycles. The normalized spacial score (nSPS) is 17.3. The highest BCUT2D eigenvalue weighted by molar-refractivity contribution is 14.0. The third-order valence-corrected chi connectivity index (χ3v) is 3.35. The molecule has 0 radical (unpaired) electrons. The molecule has 2 rings (SSSR count). The molecule has 20 heavy (non-hydrogen) atoms. The zero-order chi connectivity index (χ0) is 14.1. The molecule has 0 unspecified atom stereocenters. The molecule has 112 valence electrons. The minimum atomic E-state index is -0.143. The first kappa shape index (κ1) is 17.2. The van der Waals surface area contributed by atoms with E-state index in [1.165, 1.54) is 6.07 Å². The molecule has 3 nitrogen and oxygen atoms in total. The SMILES string of the molecule is CC(C)(C)NC(N)=NCC1(c2ccccc2F)CC1.I. The number of nitrogens with one attached hydrogen (secondary N) is 1. The fourth-order valence-corrected chi connectivity index (χ4v) is 2.22. The highest BCUT2D eigenvalue weighted by Crippen LogP contribution is 2.49. The van der Waals surface area contributed by atoms with E-state index in [1.54, 1.807) is 6.07 Å². The smallest absolute Gasteiger partial charge is 0.189 e. The number of nitrogens with two attached hydrogens (primary N) is 1. The molecule has 3 N–H and O–H groups in total. The van der Waals surface area contributed by atoms with E-state index in [4.69, 9.17) is 5.73 Å². The summed E-state index contributed by atoms with van der Waals surface area (Å²) in [5.41, 5.74) is 6.37. The Kier molecular flexibility index (Phi) is 5.40. The van der Waals surface area contributed by atoms with Crippen LogP contribution in [0.3, 0.4) is 0 Å². The first-order valence-electron chi connectivity index (χ1n) is 6.66. The molecule has 1 aliphatic rings. The van der Waals surface area contributed by atoms with E-state index in [1.807, 2.05) is 32.9 Å². The third kappa shape index (κ3) is 4.33. The van der Waals surface area contributed by atoms with E-state index in [0.29, 0.717) is 12.5 Å². The molecule has 1 fully saturated rings. The minimum Gasteiger partial charge on any atom is -0.370 e. The Morgan fingerprint density at radius 1 is 1.35 bits per heavy atom. The maximum atomic E-state index is 13.8. The first-order valence-corrected chi connectivity index (χ1v) is 6.66. The molecule has 0 spiro atoms. The average Bonchev–Trinajstić information content (AvgIpc) is 3.06. The molecule has 0 amide bonds. The Hall–Kier alpha value is -0.850. The van der Waals surface area contributed by atoms with Gasteiger partial charge < -0.3 is 11.1 Å². The second kappa shape index (κ2) is 6.28. The van der Waals surface area contributed by atoms with Crippen LogP contribution < -0.4 is 11.1 Å². The lowest BCUT2D eigenvalue weighted by atomic mass is 9.95. The van der Waals surface area contributed by atoms with E-state index in [-0.39, 0.29) is 40.7 Å². The molecule has 0 atom stereocenters. The number of nitrogens with zero attached hydrogens (tertiary/aromatic N) is 1. The summed E-state index contributed by atoms with van der Waals surface area (Å²) in [5.74, 6) is 0.285. The minimum absolute atomic E-state index is 0. The van der Waals surface area contributed by atoms with Crippen molar-refractivity contribution < 1.29 is 4.39 Å². The molecular formula is C15H23FIN3. The fraction of sp³-hybridized carbons (Fsp3) is 0.533. The number of guanidine groups is 1. The molecular weight excluding hydrogens is 368 g/mol. The molecule has 0 saturated heterocycles. The topological polar surface area (TPSA) is 50.4 Å². The van der Waals surface area contributed by atoms with Gasteiger partial charge in [-0.3, -0.25) is 4.99 Å². The van der Waals surface area contributed by atoms with Gasteiger partial charge in [-0.1, -0.05) is 18.2 Å². The van der Waals surface area contributed by atoms with Gasteiger partial charge in [0, 0.05) is 11.0 Å². The van der Waals surface area contributed by atoms with Crippen molar-refractivity contribution in [2.45, 2.75) is 44.6 Å². The quantitative estimate of drug-likeness (QED) is 0.473. The summed E-state index contributed by atoms with van der Waals surface area (Å²) in [6.45, 7) is 6.63. The van der Waals surface area contributed by atoms with Gasteiger partial charge in [-0.25, -0.2) is 4.39 Å². The van der Waals surface area contributed by atoms with Crippen LogP contribution in [0.2, 0.25) is 0 Å². The number of hydrogen-bond donors (Lipinski definition) is 2. The Morgan fingerprint density at radius 3 is 2.45 bits per heavy atom. The van der Waals surface area contributed by atoms with Gasteiger partial charge in [0.05, 0.1) is 6.54 Å². The molecule has 1 saturated carbocycles. The summed E-state index contributed by atoms with van der Waals surface area (Å²) in [4.78, 5) is 4.38. The van der Waals surface area contributed by atoms with Crippen molar-refractivity contribution in [3.8, 4) is 0 Å². The number of halogens is 2. The van der Waals surface area contributed by atoms with Crippen LogP contribution in [0.5, 0.6) is 0 Å². The summed E-state index contributed by atoms with van der Waals surface area (Å²) in [6, 6.07) is 6.95. The van der Waals surface area contributed by atoms with Gasteiger partial charge >= 0.3 is 0 Å². The summed E-state index contributed by atoms with van der Waals surface area (Å²) >= 11 is 0. The predicted octanol–water partition coefficient (Wildman–Crippen LogP) is 3.18. The number of rotatable bonds is 3. The van der Waals surface area contributed by atoms with Crippen molar-refractivity contribution in [2.24, 2.45) is 10.7 Å². The number of hydrogen-bond acceptors (Lipinski definition) is 1.